The molecule has 0 amide bonds. The fourth-order valence-electron chi connectivity index (χ4n) is 1.54. The monoisotopic (exact) mass is 313 g/mol. The van der Waals surface area contributed by atoms with E-state index in [-0.39, 0.29) is 27.4 Å². The number of nitro benzene ring substituents is 1. The molecule has 1 aromatic heterocycles. The van der Waals surface area contributed by atoms with Crippen molar-refractivity contribution in [2.45, 2.75) is 6.92 Å². The van der Waals surface area contributed by atoms with E-state index in [1.165, 1.54) is 6.20 Å². The Morgan fingerprint density at radius 3 is 2.40 bits per heavy atom. The second-order valence-corrected chi connectivity index (χ2v) is 4.80. The van der Waals surface area contributed by atoms with Crippen molar-refractivity contribution < 1.29 is 9.66 Å². The lowest BCUT2D eigenvalue weighted by Gasteiger charge is -2.10. The number of pyridine rings is 1. The van der Waals surface area contributed by atoms with Crippen molar-refractivity contribution in [3.63, 3.8) is 0 Å². The molecule has 0 fully saturated rings. The standard InChI is InChI=1S/C12H9Cl2N3O3/c1-6-2-7(15)5-16-12(6)20-11-9(13)3-8(17(18)19)4-10(11)14/h2-5H,15H2,1H3. The Morgan fingerprint density at radius 2 is 1.90 bits per heavy atom. The molecule has 20 heavy (non-hydrogen) atoms. The van der Waals surface area contributed by atoms with E-state index < -0.39 is 4.92 Å². The number of nitrogens with zero attached hydrogens (tertiary/aromatic N) is 2. The SMILES string of the molecule is Cc1cc(N)cnc1Oc1c(Cl)cc([N+](=O)[O-])cc1Cl. The Bertz CT molecular complexity index is 669. The van der Waals surface area contributed by atoms with Gasteiger partial charge in [0.1, 0.15) is 0 Å². The topological polar surface area (TPSA) is 91.3 Å². The van der Waals surface area contributed by atoms with E-state index in [2.05, 4.69) is 4.98 Å². The second-order valence-electron chi connectivity index (χ2n) is 3.99. The molecular formula is C12H9Cl2N3O3. The lowest BCUT2D eigenvalue weighted by molar-refractivity contribution is -0.384. The highest BCUT2D eigenvalue weighted by molar-refractivity contribution is 6.37. The van der Waals surface area contributed by atoms with Gasteiger partial charge in [-0.15, -0.1) is 0 Å². The lowest BCUT2D eigenvalue weighted by Crippen LogP contribution is -1.96. The van der Waals surface area contributed by atoms with Gasteiger partial charge in [0, 0.05) is 17.7 Å². The zero-order valence-electron chi connectivity index (χ0n) is 10.3. The fraction of sp³-hybridized carbons (Fsp3) is 0.0833. The van der Waals surface area contributed by atoms with Crippen LogP contribution in [0.4, 0.5) is 11.4 Å². The van der Waals surface area contributed by atoms with Gasteiger partial charge in [-0.05, 0) is 13.0 Å². The third-order valence-corrected chi connectivity index (χ3v) is 3.01. The summed E-state index contributed by atoms with van der Waals surface area (Å²) in [6.07, 6.45) is 1.43. The van der Waals surface area contributed by atoms with Crippen LogP contribution in [0.15, 0.2) is 24.4 Å². The molecule has 0 spiro atoms. The Kier molecular flexibility index (Phi) is 3.96. The minimum atomic E-state index is -0.589. The van der Waals surface area contributed by atoms with Gasteiger partial charge in [0.25, 0.3) is 5.69 Å². The van der Waals surface area contributed by atoms with Gasteiger partial charge in [-0.2, -0.15) is 0 Å². The Labute approximate surface area is 124 Å². The number of aromatic nitrogens is 1. The number of aryl methyl sites for hydroxylation is 1. The summed E-state index contributed by atoms with van der Waals surface area (Å²) in [6, 6.07) is 4.00. The molecule has 6 nitrogen and oxygen atoms in total. The molecule has 0 radical (unpaired) electrons. The number of anilines is 1. The summed E-state index contributed by atoms with van der Waals surface area (Å²) >= 11 is 11.9. The molecule has 0 aliphatic heterocycles. The average Bonchev–Trinajstić information content (AvgIpc) is 2.35. The van der Waals surface area contributed by atoms with Gasteiger partial charge in [0.15, 0.2) is 5.75 Å². The quantitative estimate of drug-likeness (QED) is 0.683. The van der Waals surface area contributed by atoms with Crippen molar-refractivity contribution in [2.75, 3.05) is 5.73 Å². The highest BCUT2D eigenvalue weighted by atomic mass is 35.5. The number of non-ortho nitro benzene ring substituents is 1. The molecule has 0 aliphatic rings. The molecule has 0 unspecified atom stereocenters. The predicted octanol–water partition coefficient (Wildman–Crippen LogP) is 3.98. The van der Waals surface area contributed by atoms with E-state index in [0.717, 1.165) is 12.1 Å². The molecule has 8 heteroatoms. The molecule has 1 heterocycles. The molecule has 104 valence electrons. The van der Waals surface area contributed by atoms with E-state index in [1.54, 1.807) is 13.0 Å². The second kappa shape index (κ2) is 5.52. The Hall–Kier alpha value is -2.05. The van der Waals surface area contributed by atoms with Crippen molar-refractivity contribution in [1.82, 2.24) is 4.98 Å². The maximum Gasteiger partial charge on any atom is 0.272 e. The van der Waals surface area contributed by atoms with Crippen molar-refractivity contribution in [3.8, 4) is 11.6 Å². The Balaban J connectivity index is 2.41. The summed E-state index contributed by atoms with van der Waals surface area (Å²) in [5, 5.41) is 10.7. The van der Waals surface area contributed by atoms with Crippen molar-refractivity contribution in [3.05, 3.63) is 50.1 Å². The molecule has 0 atom stereocenters. The number of halogens is 2. The van der Waals surface area contributed by atoms with Crippen LogP contribution in [0.3, 0.4) is 0 Å². The first-order chi connectivity index (χ1) is 9.38. The van der Waals surface area contributed by atoms with Crippen LogP contribution in [0.1, 0.15) is 5.56 Å². The van der Waals surface area contributed by atoms with Gasteiger partial charge in [-0.1, -0.05) is 23.2 Å². The minimum absolute atomic E-state index is 0.0298. The number of nitro groups is 1. The molecule has 0 saturated heterocycles. The number of benzene rings is 1. The lowest BCUT2D eigenvalue weighted by atomic mass is 10.2. The van der Waals surface area contributed by atoms with Gasteiger partial charge in [-0.25, -0.2) is 4.98 Å². The third-order valence-electron chi connectivity index (χ3n) is 2.44. The highest BCUT2D eigenvalue weighted by Crippen LogP contribution is 2.39. The fourth-order valence-corrected chi connectivity index (χ4v) is 2.09. The summed E-state index contributed by atoms with van der Waals surface area (Å²) in [4.78, 5) is 14.1. The maximum atomic E-state index is 10.7. The van der Waals surface area contributed by atoms with Crippen molar-refractivity contribution in [1.29, 1.82) is 0 Å². The number of hydrogen-bond acceptors (Lipinski definition) is 5. The first-order valence-corrected chi connectivity index (χ1v) is 6.17. The predicted molar refractivity (Wildman–Crippen MR) is 76.6 cm³/mol. The van der Waals surface area contributed by atoms with Crippen LogP contribution >= 0.6 is 23.2 Å². The molecular weight excluding hydrogens is 305 g/mol. The van der Waals surface area contributed by atoms with Crippen LogP contribution in [0, 0.1) is 17.0 Å². The summed E-state index contributed by atoms with van der Waals surface area (Å²) < 4.78 is 5.51. The van der Waals surface area contributed by atoms with Gasteiger partial charge < -0.3 is 10.5 Å². The smallest absolute Gasteiger partial charge is 0.272 e. The summed E-state index contributed by atoms with van der Waals surface area (Å²) in [5.74, 6) is 0.385. The molecule has 0 bridgehead atoms. The number of ether oxygens (including phenoxy) is 1. The van der Waals surface area contributed by atoms with Crippen LogP contribution in [-0.2, 0) is 0 Å². The van der Waals surface area contributed by atoms with E-state index in [9.17, 15) is 10.1 Å². The maximum absolute atomic E-state index is 10.7. The zero-order chi connectivity index (χ0) is 14.9. The zero-order valence-corrected chi connectivity index (χ0v) is 11.8. The van der Waals surface area contributed by atoms with E-state index in [4.69, 9.17) is 33.7 Å². The van der Waals surface area contributed by atoms with Gasteiger partial charge >= 0.3 is 0 Å². The largest absolute Gasteiger partial charge is 0.436 e. The third kappa shape index (κ3) is 2.92. The number of hydrogen-bond donors (Lipinski definition) is 1. The van der Waals surface area contributed by atoms with Crippen LogP contribution in [0.5, 0.6) is 11.6 Å². The van der Waals surface area contributed by atoms with Crippen LogP contribution in [0.2, 0.25) is 10.0 Å². The van der Waals surface area contributed by atoms with Crippen molar-refractivity contribution in [2.24, 2.45) is 0 Å². The summed E-state index contributed by atoms with van der Waals surface area (Å²) in [5.41, 5.74) is 6.56. The number of nitrogen functional groups attached to an aromatic ring is 1. The molecule has 2 aromatic rings. The highest BCUT2D eigenvalue weighted by Gasteiger charge is 2.17. The summed E-state index contributed by atoms with van der Waals surface area (Å²) in [7, 11) is 0. The molecule has 0 aliphatic carbocycles. The summed E-state index contributed by atoms with van der Waals surface area (Å²) in [6.45, 7) is 1.76. The molecule has 2 rings (SSSR count). The van der Waals surface area contributed by atoms with E-state index in [0.29, 0.717) is 11.3 Å². The van der Waals surface area contributed by atoms with Crippen LogP contribution in [0.25, 0.3) is 0 Å². The van der Waals surface area contributed by atoms with Gasteiger partial charge in [0.05, 0.1) is 26.9 Å². The number of rotatable bonds is 3. The molecule has 1 aromatic carbocycles. The van der Waals surface area contributed by atoms with Crippen LogP contribution in [-0.4, -0.2) is 9.91 Å². The normalized spacial score (nSPS) is 10.3. The number of nitrogens with two attached hydrogens (primary N) is 1. The van der Waals surface area contributed by atoms with Crippen molar-refractivity contribution >= 4 is 34.6 Å². The first-order valence-electron chi connectivity index (χ1n) is 5.42. The minimum Gasteiger partial charge on any atom is -0.436 e. The van der Waals surface area contributed by atoms with Crippen LogP contribution < -0.4 is 10.5 Å². The van der Waals surface area contributed by atoms with E-state index >= 15 is 0 Å². The Morgan fingerprint density at radius 1 is 1.30 bits per heavy atom. The molecule has 2 N–H and O–H groups in total. The molecule has 0 saturated carbocycles. The first kappa shape index (κ1) is 14.4. The van der Waals surface area contributed by atoms with Gasteiger partial charge in [-0.3, -0.25) is 10.1 Å². The average molecular weight is 314 g/mol. The van der Waals surface area contributed by atoms with Gasteiger partial charge in [0.2, 0.25) is 5.88 Å². The van der Waals surface area contributed by atoms with E-state index in [1.807, 2.05) is 0 Å².